The molecule has 1 unspecified atom stereocenters. The molecule has 0 aliphatic rings. The number of benzene rings is 1. The van der Waals surface area contributed by atoms with E-state index in [1.807, 2.05) is 49.6 Å². The van der Waals surface area contributed by atoms with E-state index in [4.69, 9.17) is 0 Å². The fraction of sp³-hybridized carbons (Fsp3) is 0.294. The first-order valence-electron chi connectivity index (χ1n) is 7.94. The quantitative estimate of drug-likeness (QED) is 0.576. The molecule has 3 aromatic rings. The number of nitriles is 1. The van der Waals surface area contributed by atoms with Gasteiger partial charge in [0.25, 0.3) is 0 Å². The Morgan fingerprint density at radius 2 is 2.12 bits per heavy atom. The van der Waals surface area contributed by atoms with Gasteiger partial charge < -0.3 is 0 Å². The van der Waals surface area contributed by atoms with Crippen molar-refractivity contribution in [2.45, 2.75) is 31.0 Å². The summed E-state index contributed by atoms with van der Waals surface area (Å²) in [5.74, 6) is -0.968. The zero-order valence-corrected chi connectivity index (χ0v) is 15.9. The predicted octanol–water partition coefficient (Wildman–Crippen LogP) is 3.35. The molecule has 0 aliphatic heterocycles. The van der Waals surface area contributed by atoms with Crippen molar-refractivity contribution in [3.05, 3.63) is 40.7 Å². The first-order chi connectivity index (χ1) is 12.6. The molecule has 26 heavy (non-hydrogen) atoms. The summed E-state index contributed by atoms with van der Waals surface area (Å²) in [7, 11) is 0. The fourth-order valence-corrected chi connectivity index (χ4v) is 4.05. The zero-order valence-electron chi connectivity index (χ0n) is 14.2. The molecule has 132 valence electrons. The summed E-state index contributed by atoms with van der Waals surface area (Å²) in [5.41, 5.74) is 1.74. The molecular weight excluding hydrogens is 368 g/mol. The molecule has 0 saturated heterocycles. The molecule has 2 heterocycles. The number of carbonyl (C=O) groups is 1. The molecule has 0 amide bonds. The Hall–Kier alpha value is -2.57. The number of tetrazole rings is 1. The lowest BCUT2D eigenvalue weighted by Crippen LogP contribution is -2.14. The van der Waals surface area contributed by atoms with Crippen LogP contribution in [0.2, 0.25) is 0 Å². The van der Waals surface area contributed by atoms with Gasteiger partial charge in [0.05, 0.1) is 23.6 Å². The Morgan fingerprint density at radius 1 is 1.35 bits per heavy atom. The van der Waals surface area contributed by atoms with Crippen molar-refractivity contribution in [1.29, 1.82) is 5.26 Å². The number of rotatable bonds is 7. The Kier molecular flexibility index (Phi) is 5.75. The van der Waals surface area contributed by atoms with Crippen molar-refractivity contribution in [2.75, 3.05) is 5.75 Å². The molecule has 3 rings (SSSR count). The van der Waals surface area contributed by atoms with E-state index in [9.17, 15) is 10.1 Å². The van der Waals surface area contributed by atoms with E-state index in [2.05, 4.69) is 26.6 Å². The van der Waals surface area contributed by atoms with Gasteiger partial charge in [-0.1, -0.05) is 42.1 Å². The number of ketones is 1. The van der Waals surface area contributed by atoms with Crippen LogP contribution in [0, 0.1) is 11.3 Å². The van der Waals surface area contributed by atoms with Crippen LogP contribution in [0.3, 0.4) is 0 Å². The summed E-state index contributed by atoms with van der Waals surface area (Å²) in [6.07, 6.45) is 0. The number of nitrogens with zero attached hydrogens (tertiary/aromatic N) is 6. The molecule has 0 saturated carbocycles. The topological polar surface area (TPSA) is 97.4 Å². The van der Waals surface area contributed by atoms with E-state index < -0.39 is 5.92 Å². The lowest BCUT2D eigenvalue weighted by molar-refractivity contribution is -0.116. The summed E-state index contributed by atoms with van der Waals surface area (Å²) in [6, 6.07) is 11.9. The maximum atomic E-state index is 12.5. The summed E-state index contributed by atoms with van der Waals surface area (Å²) in [5, 5.41) is 23.9. The molecule has 9 heteroatoms. The van der Waals surface area contributed by atoms with Crippen LogP contribution in [0.15, 0.2) is 40.9 Å². The van der Waals surface area contributed by atoms with E-state index in [1.54, 1.807) is 4.68 Å². The predicted molar refractivity (Wildman–Crippen MR) is 99.8 cm³/mol. The minimum absolute atomic E-state index is 0.0989. The van der Waals surface area contributed by atoms with Crippen molar-refractivity contribution >= 4 is 28.9 Å². The van der Waals surface area contributed by atoms with Gasteiger partial charge in [0.2, 0.25) is 5.16 Å². The standard InChI is InChI=1S/C17H16N6OS2/c1-11(2)23-17(20-21-22-23)26-10-15(24)13(8-18)16-19-14(9-25-16)12-6-4-3-5-7-12/h3-7,9,11,13H,10H2,1-2H3. The van der Waals surface area contributed by atoms with E-state index in [-0.39, 0.29) is 17.6 Å². The van der Waals surface area contributed by atoms with Gasteiger partial charge in [-0.3, -0.25) is 4.79 Å². The number of carbonyl (C=O) groups excluding carboxylic acids is 1. The lowest BCUT2D eigenvalue weighted by Gasteiger charge is -2.07. The van der Waals surface area contributed by atoms with Crippen LogP contribution in [-0.4, -0.2) is 36.7 Å². The molecule has 0 spiro atoms. The van der Waals surface area contributed by atoms with Gasteiger partial charge in [-0.15, -0.1) is 16.4 Å². The van der Waals surface area contributed by atoms with E-state index in [1.165, 1.54) is 23.1 Å². The average molecular weight is 384 g/mol. The number of thioether (sulfide) groups is 1. The molecule has 0 fully saturated rings. The highest BCUT2D eigenvalue weighted by atomic mass is 32.2. The monoisotopic (exact) mass is 384 g/mol. The molecule has 2 aromatic heterocycles. The van der Waals surface area contributed by atoms with Crippen molar-refractivity contribution in [3.63, 3.8) is 0 Å². The Morgan fingerprint density at radius 3 is 2.81 bits per heavy atom. The van der Waals surface area contributed by atoms with Crippen LogP contribution < -0.4 is 0 Å². The second-order valence-electron chi connectivity index (χ2n) is 5.75. The van der Waals surface area contributed by atoms with Crippen molar-refractivity contribution in [3.8, 4) is 17.3 Å². The van der Waals surface area contributed by atoms with Gasteiger partial charge in [-0.05, 0) is 24.3 Å². The lowest BCUT2D eigenvalue weighted by atomic mass is 10.1. The minimum Gasteiger partial charge on any atom is -0.297 e. The highest BCUT2D eigenvalue weighted by Gasteiger charge is 2.25. The van der Waals surface area contributed by atoms with E-state index in [0.717, 1.165) is 11.3 Å². The van der Waals surface area contributed by atoms with Crippen LogP contribution >= 0.6 is 23.1 Å². The van der Waals surface area contributed by atoms with Crippen LogP contribution in [0.5, 0.6) is 0 Å². The third kappa shape index (κ3) is 3.98. The number of Topliss-reactive ketones (excluding diaryl/α,β-unsaturated/α-hetero) is 1. The SMILES string of the molecule is CC(C)n1nnnc1SCC(=O)C(C#N)c1nc(-c2ccccc2)cs1. The van der Waals surface area contributed by atoms with Crippen molar-refractivity contribution < 1.29 is 4.79 Å². The molecule has 0 aliphatic carbocycles. The van der Waals surface area contributed by atoms with Gasteiger partial charge in [0.1, 0.15) is 5.01 Å². The fourth-order valence-electron chi connectivity index (χ4n) is 2.25. The first kappa shape index (κ1) is 18.2. The van der Waals surface area contributed by atoms with Gasteiger partial charge in [0, 0.05) is 10.9 Å². The second kappa shape index (κ2) is 8.21. The largest absolute Gasteiger partial charge is 0.297 e. The molecule has 1 aromatic carbocycles. The smallest absolute Gasteiger partial charge is 0.209 e. The van der Waals surface area contributed by atoms with Gasteiger partial charge >= 0.3 is 0 Å². The molecule has 7 nitrogen and oxygen atoms in total. The van der Waals surface area contributed by atoms with E-state index >= 15 is 0 Å². The highest BCUT2D eigenvalue weighted by molar-refractivity contribution is 7.99. The zero-order chi connectivity index (χ0) is 18.5. The maximum Gasteiger partial charge on any atom is 0.209 e. The first-order valence-corrected chi connectivity index (χ1v) is 9.80. The minimum atomic E-state index is -0.881. The summed E-state index contributed by atoms with van der Waals surface area (Å²) < 4.78 is 1.65. The number of thiazole rings is 1. The van der Waals surface area contributed by atoms with E-state index in [0.29, 0.717) is 10.2 Å². The highest BCUT2D eigenvalue weighted by Crippen LogP contribution is 2.28. The van der Waals surface area contributed by atoms with Crippen LogP contribution in [0.25, 0.3) is 11.3 Å². The Balaban J connectivity index is 1.71. The van der Waals surface area contributed by atoms with Gasteiger partial charge in [-0.25, -0.2) is 9.67 Å². The molecular formula is C17H16N6OS2. The number of aromatic nitrogens is 5. The Labute approximate surface area is 159 Å². The third-order valence-corrected chi connectivity index (χ3v) is 5.45. The van der Waals surface area contributed by atoms with Crippen LogP contribution in [0.1, 0.15) is 30.8 Å². The third-order valence-electron chi connectivity index (χ3n) is 3.58. The van der Waals surface area contributed by atoms with Crippen LogP contribution in [-0.2, 0) is 4.79 Å². The molecule has 0 radical (unpaired) electrons. The van der Waals surface area contributed by atoms with Crippen molar-refractivity contribution in [2.24, 2.45) is 0 Å². The molecule has 0 N–H and O–H groups in total. The Bertz CT molecular complexity index is 928. The maximum absolute atomic E-state index is 12.5. The molecule has 0 bridgehead atoms. The molecule has 1 atom stereocenters. The van der Waals surface area contributed by atoms with Gasteiger partial charge in [0.15, 0.2) is 11.7 Å². The van der Waals surface area contributed by atoms with Gasteiger partial charge in [-0.2, -0.15) is 5.26 Å². The van der Waals surface area contributed by atoms with Crippen LogP contribution in [0.4, 0.5) is 0 Å². The summed E-state index contributed by atoms with van der Waals surface area (Å²) >= 11 is 2.56. The second-order valence-corrected chi connectivity index (χ2v) is 7.59. The summed E-state index contributed by atoms with van der Waals surface area (Å²) in [4.78, 5) is 17.0. The number of hydrogen-bond donors (Lipinski definition) is 0. The number of hydrogen-bond acceptors (Lipinski definition) is 8. The van der Waals surface area contributed by atoms with Crippen molar-refractivity contribution in [1.82, 2.24) is 25.2 Å². The average Bonchev–Trinajstić information content (AvgIpc) is 3.31. The normalized spacial score (nSPS) is 12.1. The summed E-state index contributed by atoms with van der Waals surface area (Å²) in [6.45, 7) is 3.92.